The molecule has 4 bridgehead atoms. The molecule has 3 saturated carbocycles. The third kappa shape index (κ3) is 29.3. The molecule has 0 radical (unpaired) electrons. The number of hydrogen-bond acceptors (Lipinski definition) is 30. The monoisotopic (exact) mass is 1840 g/mol. The van der Waals surface area contributed by atoms with E-state index in [4.69, 9.17) is 29.2 Å². The predicted octanol–water partition coefficient (Wildman–Crippen LogP) is 11.8. The van der Waals surface area contributed by atoms with Gasteiger partial charge in [-0.2, -0.15) is 35.1 Å². The van der Waals surface area contributed by atoms with E-state index in [1.165, 1.54) is 32.3 Å². The summed E-state index contributed by atoms with van der Waals surface area (Å²) in [7, 11) is -23.6. The van der Waals surface area contributed by atoms with Crippen LogP contribution in [0.25, 0.3) is 32.3 Å². The van der Waals surface area contributed by atoms with Crippen LogP contribution in [-0.2, 0) is 107 Å². The minimum absolute atomic E-state index is 0.160. The largest absolute Gasteiger partial charge is 0.743 e. The number of esters is 6. The summed E-state index contributed by atoms with van der Waals surface area (Å²) >= 11 is 0. The highest BCUT2D eigenvalue weighted by Gasteiger charge is 2.70. The molecule has 10 rings (SSSR count). The van der Waals surface area contributed by atoms with Crippen molar-refractivity contribution < 1.29 is 174 Å². The van der Waals surface area contributed by atoms with Crippen molar-refractivity contribution in [2.45, 2.75) is 274 Å². The van der Waals surface area contributed by atoms with Crippen LogP contribution in [-0.4, -0.2) is 214 Å². The standard InChI is InChI=1S/C18H26F2O9S.C17H26F2O9S.C14H10.C10H8.2C6H14O.2C5H8F2O5S/c1-4-17(23,5-2)13-10-6-9-12(13)16(22)29-15(9)14(10)27-7-11(21)28-8(3)18(19,20)30(24,25)26;1-4-16(22,5-2)11-7-12(13-6-10(11)15(21)28-13)26-8-14(20)27-9(3)17(18,19)29(23,24)25;1-2-6-12-10-14-8-4-3-7-13(14)9-11(12)5-1;1-2-6-10-8-4-3-7-9(10)5-1;2*1-4-6(3,7)5-2;2*1-3(12-4(2)8)5(6,7)13(9,10)11/h8-10,12-15,23H,4-7H2,1-3H3,(H,24,25,26);9-13,22H,4-8H2,1-3H3,(H,23,24,25);1-10H;1-8H;2*7H,4-5H2,1-3H3;2*3H,1-2H3,(H,9,10,11)/p-4. The van der Waals surface area contributed by atoms with Crippen LogP contribution in [0.15, 0.2) is 109 Å². The Bertz CT molecular complexity index is 4560. The van der Waals surface area contributed by atoms with Crippen molar-refractivity contribution in [3.05, 3.63) is 109 Å². The molecule has 5 aliphatic rings. The Morgan fingerprint density at radius 1 is 0.431 bits per heavy atom. The van der Waals surface area contributed by atoms with Gasteiger partial charge in [-0.25, -0.2) is 43.3 Å². The van der Waals surface area contributed by atoms with E-state index in [1.807, 2.05) is 55.4 Å². The Hall–Kier alpha value is -7.46. The van der Waals surface area contributed by atoms with Gasteiger partial charge in [0.1, 0.15) is 25.4 Å². The number of rotatable bonds is 28. The maximum Gasteiger partial charge on any atom is 0.370 e. The molecular formula is C81H110F8O30S4-4. The molecule has 42 heteroatoms. The topological polar surface area (TPSA) is 486 Å². The van der Waals surface area contributed by atoms with Gasteiger partial charge in [-0.15, -0.1) is 0 Å². The van der Waals surface area contributed by atoms with E-state index < -0.39 is 205 Å². The fraction of sp³-hybridized carbons (Fsp3) is 0.630. The average molecular weight is 1840 g/mol. The lowest BCUT2D eigenvalue weighted by atomic mass is 9.67. The van der Waals surface area contributed by atoms with Crippen molar-refractivity contribution in [3.63, 3.8) is 0 Å². The molecule has 3 aliphatic carbocycles. The van der Waals surface area contributed by atoms with Crippen LogP contribution in [0.1, 0.15) is 181 Å². The second kappa shape index (κ2) is 44.8. The number of hydrogen-bond donors (Lipinski definition) is 4. The summed E-state index contributed by atoms with van der Waals surface area (Å²) in [5.74, 6) is -7.87. The van der Waals surface area contributed by atoms with E-state index in [-0.39, 0.29) is 18.3 Å². The van der Waals surface area contributed by atoms with Crippen LogP contribution in [0, 0.1) is 35.5 Å². The fourth-order valence-electron chi connectivity index (χ4n) is 13.9. The number of ether oxygens (including phenoxy) is 8. The molecule has 2 aliphatic heterocycles. The molecule has 0 amide bonds. The number of benzene rings is 5. The van der Waals surface area contributed by atoms with Crippen LogP contribution < -0.4 is 0 Å². The summed E-state index contributed by atoms with van der Waals surface area (Å²) in [6, 6.07) is 38.1. The molecule has 5 aromatic rings. The van der Waals surface area contributed by atoms with Crippen molar-refractivity contribution in [2.24, 2.45) is 35.5 Å². The van der Waals surface area contributed by atoms with Crippen LogP contribution in [0.2, 0.25) is 0 Å². The van der Waals surface area contributed by atoms with Gasteiger partial charge in [0.05, 0.1) is 46.4 Å². The lowest BCUT2D eigenvalue weighted by molar-refractivity contribution is -0.172. The molecule has 0 aromatic heterocycles. The first-order valence-corrected chi connectivity index (χ1v) is 44.9. The van der Waals surface area contributed by atoms with Gasteiger partial charge in [-0.05, 0) is 156 Å². The van der Waals surface area contributed by atoms with Gasteiger partial charge in [-0.3, -0.25) is 19.2 Å². The molecule has 14 atom stereocenters. The molecule has 0 spiro atoms. The molecule has 123 heavy (non-hydrogen) atoms. The van der Waals surface area contributed by atoms with Crippen LogP contribution in [0.4, 0.5) is 35.1 Å². The fourth-order valence-corrected chi connectivity index (χ4v) is 15.7. The second-order valence-corrected chi connectivity index (χ2v) is 36.4. The number of halogens is 8. The van der Waals surface area contributed by atoms with Crippen LogP contribution in [0.3, 0.4) is 0 Å². The molecule has 4 N–H and O–H groups in total. The number of carbonyl (C=O) groups is 6. The summed E-state index contributed by atoms with van der Waals surface area (Å²) in [6.07, 6.45) is -6.20. The number of aliphatic hydroxyl groups is 4. The summed E-state index contributed by atoms with van der Waals surface area (Å²) in [5, 5.41) is 29.3. The SMILES string of the molecule is CC(=O)OC(C)C(F)(F)S(=O)(=O)[O-].CC(=O)OC(C)C(F)(F)S(=O)(=O)[O-].CCC(C)(O)CC.CCC(C)(O)CC.CCC(O)(CC)C1C2CC3C(OC(=O)C31)C2OCC(=O)OC(C)C(F)(F)S(=O)(=O)[O-].CCC(O)(CC)C1CC(OCC(=O)OC(C)C(F)(F)S(=O)(=O)[O-])C2CC1C(=O)O2.c1ccc2cc3ccccc3cc2c1.c1ccc2ccccc2c1. The lowest BCUT2D eigenvalue weighted by Crippen LogP contribution is -2.50. The van der Waals surface area contributed by atoms with Crippen molar-refractivity contribution in [2.75, 3.05) is 13.2 Å². The Balaban J connectivity index is 0.000000384. The van der Waals surface area contributed by atoms with Gasteiger partial charge < -0.3 is 76.5 Å². The van der Waals surface area contributed by atoms with E-state index in [9.17, 15) is 126 Å². The van der Waals surface area contributed by atoms with Gasteiger partial charge in [-0.1, -0.05) is 152 Å². The van der Waals surface area contributed by atoms with Crippen molar-refractivity contribution in [1.82, 2.24) is 0 Å². The highest BCUT2D eigenvalue weighted by atomic mass is 32.2. The summed E-state index contributed by atoms with van der Waals surface area (Å²) < 4.78 is 265. The van der Waals surface area contributed by atoms with Gasteiger partial charge in [0.15, 0.2) is 64.9 Å². The molecular weight excluding hydrogens is 1730 g/mol. The minimum Gasteiger partial charge on any atom is -0.743 e. The Kier molecular flexibility index (Phi) is 40.0. The molecule has 30 nitrogen and oxygen atoms in total. The summed E-state index contributed by atoms with van der Waals surface area (Å²) in [5.41, 5.74) is -3.07. The van der Waals surface area contributed by atoms with E-state index in [2.05, 4.69) is 128 Å². The summed E-state index contributed by atoms with van der Waals surface area (Å²) in [6.45, 7) is 21.3. The zero-order valence-electron chi connectivity index (χ0n) is 70.7. The van der Waals surface area contributed by atoms with E-state index in [1.54, 1.807) is 13.8 Å². The predicted molar refractivity (Wildman–Crippen MR) is 425 cm³/mol. The van der Waals surface area contributed by atoms with E-state index >= 15 is 0 Å². The number of fused-ring (bicyclic) bond motifs is 6. The maximum absolute atomic E-state index is 13.5. The quantitative estimate of drug-likeness (QED) is 0.0119. The van der Waals surface area contributed by atoms with E-state index in [0.29, 0.717) is 66.2 Å². The third-order valence-corrected chi connectivity index (χ3v) is 26.4. The lowest BCUT2D eigenvalue weighted by Gasteiger charge is -2.41. The van der Waals surface area contributed by atoms with Crippen molar-refractivity contribution >= 4 is 109 Å². The molecule has 698 valence electrons. The first-order valence-electron chi connectivity index (χ1n) is 39.3. The Morgan fingerprint density at radius 2 is 0.732 bits per heavy atom. The molecule has 2 heterocycles. The molecule has 14 unspecified atom stereocenters. The highest BCUT2D eigenvalue weighted by Crippen LogP contribution is 2.62. The Labute approximate surface area is 710 Å². The van der Waals surface area contributed by atoms with Gasteiger partial charge in [0.25, 0.3) is 0 Å². The summed E-state index contributed by atoms with van der Waals surface area (Å²) in [4.78, 5) is 68.6. The van der Waals surface area contributed by atoms with Crippen molar-refractivity contribution in [1.29, 1.82) is 0 Å². The normalized spacial score (nSPS) is 21.7. The smallest absolute Gasteiger partial charge is 0.370 e. The van der Waals surface area contributed by atoms with Gasteiger partial charge >= 0.3 is 56.8 Å². The first-order chi connectivity index (χ1) is 56.4. The van der Waals surface area contributed by atoms with Crippen molar-refractivity contribution in [3.8, 4) is 0 Å². The maximum atomic E-state index is 13.5. The second-order valence-electron chi connectivity index (χ2n) is 30.6. The average Bonchev–Trinajstić information content (AvgIpc) is 1.54. The number of carbonyl (C=O) groups excluding carboxylic acids is 6. The van der Waals surface area contributed by atoms with Gasteiger partial charge in [0.2, 0.25) is 0 Å². The zero-order chi connectivity index (χ0) is 94.6. The first kappa shape index (κ1) is 110. The number of alkyl halides is 8. The minimum atomic E-state index is -6.01. The third-order valence-electron chi connectivity index (χ3n) is 22.4. The van der Waals surface area contributed by atoms with Gasteiger partial charge in [0, 0.05) is 38.0 Å². The molecule has 5 aromatic carbocycles. The Morgan fingerprint density at radius 3 is 1.02 bits per heavy atom. The van der Waals surface area contributed by atoms with Crippen LogP contribution >= 0.6 is 0 Å². The molecule has 5 fully saturated rings. The highest BCUT2D eigenvalue weighted by molar-refractivity contribution is 7.87. The zero-order valence-corrected chi connectivity index (χ0v) is 74.0. The van der Waals surface area contributed by atoms with Crippen LogP contribution in [0.5, 0.6) is 0 Å². The molecule has 2 saturated heterocycles. The van der Waals surface area contributed by atoms with E-state index in [0.717, 1.165) is 39.5 Å².